The Kier molecular flexibility index (Phi) is 6.10. The molecule has 1 saturated carbocycles. The van der Waals surface area contributed by atoms with Gasteiger partial charge in [-0.2, -0.15) is 0 Å². The second-order valence-electron chi connectivity index (χ2n) is 7.85. The quantitative estimate of drug-likeness (QED) is 0.287. The van der Waals surface area contributed by atoms with Crippen molar-refractivity contribution < 1.29 is 19.2 Å². The summed E-state index contributed by atoms with van der Waals surface area (Å²) >= 11 is 5.60. The van der Waals surface area contributed by atoms with Crippen LogP contribution in [0.1, 0.15) is 41.7 Å². The number of nitrogens with zero attached hydrogens (tertiary/aromatic N) is 2. The maximum atomic E-state index is 13.4. The number of rotatable bonds is 6. The number of esters is 1. The summed E-state index contributed by atoms with van der Waals surface area (Å²) in [4.78, 5) is 37.6. The highest BCUT2D eigenvalue weighted by Crippen LogP contribution is 2.38. The summed E-state index contributed by atoms with van der Waals surface area (Å²) in [6, 6.07) is 12.2. The average molecular weight is 467 g/mol. The molecule has 2 aliphatic rings. The Morgan fingerprint density at radius 2 is 1.79 bits per heavy atom. The molecule has 2 N–H and O–H groups in total. The molecule has 0 saturated heterocycles. The van der Waals surface area contributed by atoms with Crippen molar-refractivity contribution in [1.82, 2.24) is 10.2 Å². The molecule has 1 unspecified atom stereocenters. The number of non-ortho nitro benzene ring substituents is 1. The van der Waals surface area contributed by atoms with E-state index in [-0.39, 0.29) is 17.6 Å². The van der Waals surface area contributed by atoms with Crippen LogP contribution in [0, 0.1) is 10.1 Å². The molecule has 0 bridgehead atoms. The number of amides is 1. The zero-order chi connectivity index (χ0) is 23.7. The number of hydrogen-bond donors (Lipinski definition) is 2. The number of allylic oxidation sites excluding steroid dienone is 1. The van der Waals surface area contributed by atoms with Crippen LogP contribution in [0.2, 0.25) is 0 Å². The normalized spacial score (nSPS) is 17.9. The summed E-state index contributed by atoms with van der Waals surface area (Å²) in [5.41, 5.74) is 2.78. The van der Waals surface area contributed by atoms with Gasteiger partial charge in [0.05, 0.1) is 29.2 Å². The van der Waals surface area contributed by atoms with E-state index < -0.39 is 16.9 Å². The minimum Gasteiger partial charge on any atom is -0.465 e. The van der Waals surface area contributed by atoms with Gasteiger partial charge in [-0.25, -0.2) is 4.79 Å². The molecule has 170 valence electrons. The monoisotopic (exact) mass is 466 g/mol. The first-order valence-electron chi connectivity index (χ1n) is 10.3. The molecule has 0 aromatic heterocycles. The molecule has 10 heteroatoms. The van der Waals surface area contributed by atoms with Crippen molar-refractivity contribution in [1.29, 1.82) is 0 Å². The van der Waals surface area contributed by atoms with Crippen molar-refractivity contribution in [2.45, 2.75) is 31.8 Å². The minimum absolute atomic E-state index is 0.0587. The molecule has 4 rings (SSSR count). The summed E-state index contributed by atoms with van der Waals surface area (Å²) in [5, 5.41) is 17.6. The van der Waals surface area contributed by atoms with E-state index in [0.717, 1.165) is 24.1 Å². The highest BCUT2D eigenvalue weighted by Gasteiger charge is 2.40. The van der Waals surface area contributed by atoms with Crippen LogP contribution in [-0.2, 0) is 9.53 Å². The maximum Gasteiger partial charge on any atom is 0.337 e. The average Bonchev–Trinajstić information content (AvgIpc) is 3.63. The van der Waals surface area contributed by atoms with Gasteiger partial charge in [-0.15, -0.1) is 0 Å². The van der Waals surface area contributed by atoms with E-state index in [4.69, 9.17) is 17.0 Å². The molecule has 0 radical (unpaired) electrons. The standard InChI is InChI=1S/C23H22N4O5S/c1-13-19(21(28)24-16-7-9-18(10-8-16)27(30)31)20(25-23(33)26(13)17-11-12-17)14-3-5-15(6-4-14)22(29)32-2/h3-10,17,20H,11-12H2,1-2H3,(H,24,28)(H,25,33). The third-order valence-corrected chi connectivity index (χ3v) is 6.00. The van der Waals surface area contributed by atoms with E-state index in [2.05, 4.69) is 10.6 Å². The summed E-state index contributed by atoms with van der Waals surface area (Å²) < 4.78 is 4.75. The number of methoxy groups -OCH3 is 1. The Labute approximate surface area is 195 Å². The van der Waals surface area contributed by atoms with Crippen molar-refractivity contribution >= 4 is 40.6 Å². The lowest BCUT2D eigenvalue weighted by Crippen LogP contribution is -2.49. The van der Waals surface area contributed by atoms with Gasteiger partial charge in [-0.3, -0.25) is 14.9 Å². The van der Waals surface area contributed by atoms with Crippen molar-refractivity contribution in [3.8, 4) is 0 Å². The van der Waals surface area contributed by atoms with Gasteiger partial charge in [-0.05, 0) is 61.8 Å². The first kappa shape index (κ1) is 22.4. The second kappa shape index (κ2) is 8.99. The lowest BCUT2D eigenvalue weighted by Gasteiger charge is -2.38. The van der Waals surface area contributed by atoms with Crippen LogP contribution in [0.5, 0.6) is 0 Å². The number of thiocarbonyl (C=S) groups is 1. The van der Waals surface area contributed by atoms with Crippen LogP contribution in [0.4, 0.5) is 11.4 Å². The highest BCUT2D eigenvalue weighted by molar-refractivity contribution is 7.80. The Hall–Kier alpha value is -3.79. The topological polar surface area (TPSA) is 114 Å². The Bertz CT molecular complexity index is 1160. The predicted molar refractivity (Wildman–Crippen MR) is 126 cm³/mol. The molecular weight excluding hydrogens is 444 g/mol. The zero-order valence-corrected chi connectivity index (χ0v) is 18.8. The molecule has 1 fully saturated rings. The zero-order valence-electron chi connectivity index (χ0n) is 18.0. The number of nitrogens with one attached hydrogen (secondary N) is 2. The lowest BCUT2D eigenvalue weighted by atomic mass is 9.93. The van der Waals surface area contributed by atoms with Gasteiger partial charge >= 0.3 is 5.97 Å². The fourth-order valence-corrected chi connectivity index (χ4v) is 4.27. The molecule has 2 aromatic carbocycles. The van der Waals surface area contributed by atoms with E-state index in [9.17, 15) is 19.7 Å². The largest absolute Gasteiger partial charge is 0.465 e. The van der Waals surface area contributed by atoms with Gasteiger partial charge in [0.15, 0.2) is 5.11 Å². The van der Waals surface area contributed by atoms with Gasteiger partial charge in [0.25, 0.3) is 11.6 Å². The molecule has 1 aliphatic carbocycles. The first-order chi connectivity index (χ1) is 15.8. The minimum atomic E-state index is -0.530. The Morgan fingerprint density at radius 1 is 1.15 bits per heavy atom. The number of carbonyl (C=O) groups excluding carboxylic acids is 2. The Balaban J connectivity index is 1.68. The molecule has 1 aliphatic heterocycles. The number of ether oxygens (including phenoxy) is 1. The summed E-state index contributed by atoms with van der Waals surface area (Å²) in [7, 11) is 1.32. The number of anilines is 1. The fraction of sp³-hybridized carbons (Fsp3) is 0.261. The summed E-state index contributed by atoms with van der Waals surface area (Å²) in [6.45, 7) is 1.87. The number of benzene rings is 2. The third-order valence-electron chi connectivity index (χ3n) is 5.68. The fourth-order valence-electron chi connectivity index (χ4n) is 3.87. The van der Waals surface area contributed by atoms with Crippen molar-refractivity contribution in [3.05, 3.63) is 81.0 Å². The first-order valence-corrected chi connectivity index (χ1v) is 10.8. The predicted octanol–water partition coefficient (Wildman–Crippen LogP) is 3.69. The molecule has 2 aromatic rings. The molecule has 0 spiro atoms. The van der Waals surface area contributed by atoms with E-state index >= 15 is 0 Å². The van der Waals surface area contributed by atoms with Crippen LogP contribution in [0.3, 0.4) is 0 Å². The van der Waals surface area contributed by atoms with Crippen LogP contribution in [0.25, 0.3) is 0 Å². The number of nitro groups is 1. The smallest absolute Gasteiger partial charge is 0.337 e. The van der Waals surface area contributed by atoms with Gasteiger partial charge in [0, 0.05) is 29.6 Å². The maximum absolute atomic E-state index is 13.4. The molecule has 33 heavy (non-hydrogen) atoms. The van der Waals surface area contributed by atoms with E-state index in [0.29, 0.717) is 21.9 Å². The van der Waals surface area contributed by atoms with Crippen molar-refractivity contribution in [2.24, 2.45) is 0 Å². The molecular formula is C23H22N4O5S. The van der Waals surface area contributed by atoms with Gasteiger partial charge in [0.2, 0.25) is 0 Å². The van der Waals surface area contributed by atoms with Gasteiger partial charge in [-0.1, -0.05) is 12.1 Å². The number of nitro benzene ring substituents is 1. The summed E-state index contributed by atoms with van der Waals surface area (Å²) in [5.74, 6) is -0.791. The number of carbonyl (C=O) groups is 2. The van der Waals surface area contributed by atoms with E-state index in [1.165, 1.54) is 31.4 Å². The number of hydrogen-bond acceptors (Lipinski definition) is 6. The highest BCUT2D eigenvalue weighted by atomic mass is 32.1. The second-order valence-corrected chi connectivity index (χ2v) is 8.24. The molecule has 1 atom stereocenters. The van der Waals surface area contributed by atoms with E-state index in [1.807, 2.05) is 11.8 Å². The lowest BCUT2D eigenvalue weighted by molar-refractivity contribution is -0.384. The van der Waals surface area contributed by atoms with Crippen LogP contribution in [0.15, 0.2) is 59.8 Å². The van der Waals surface area contributed by atoms with Crippen LogP contribution in [-0.4, -0.2) is 40.0 Å². The third kappa shape index (κ3) is 4.56. The molecule has 1 amide bonds. The molecule has 9 nitrogen and oxygen atoms in total. The molecule has 1 heterocycles. The van der Waals surface area contributed by atoms with Crippen LogP contribution >= 0.6 is 12.2 Å². The Morgan fingerprint density at radius 3 is 2.33 bits per heavy atom. The van der Waals surface area contributed by atoms with Crippen LogP contribution < -0.4 is 10.6 Å². The van der Waals surface area contributed by atoms with Crippen molar-refractivity contribution in [3.63, 3.8) is 0 Å². The van der Waals surface area contributed by atoms with Crippen molar-refractivity contribution in [2.75, 3.05) is 12.4 Å². The van der Waals surface area contributed by atoms with Gasteiger partial charge in [0.1, 0.15) is 0 Å². The SMILES string of the molecule is COC(=O)c1ccc(C2NC(=S)N(C3CC3)C(C)=C2C(=O)Nc2ccc([N+](=O)[O-])cc2)cc1. The summed E-state index contributed by atoms with van der Waals surface area (Å²) in [6.07, 6.45) is 1.99. The van der Waals surface area contributed by atoms with Gasteiger partial charge < -0.3 is 20.3 Å². The van der Waals surface area contributed by atoms with E-state index in [1.54, 1.807) is 24.3 Å².